The second-order valence-electron chi connectivity index (χ2n) is 19.1. The lowest BCUT2D eigenvalue weighted by molar-refractivity contribution is -0.354. The normalized spacial score (nSPS) is 49.1. The number of hydrogen-bond donors (Lipinski definition) is 22. The summed E-state index contributed by atoms with van der Waals surface area (Å²) in [5, 5.41) is 161. The van der Waals surface area contributed by atoms with Gasteiger partial charge >= 0.3 is 0 Å². The molecule has 0 radical (unpaired) electrons. The fourth-order valence-electron chi connectivity index (χ4n) is 9.22. The Hall–Kier alpha value is -1.36. The van der Waals surface area contributed by atoms with Crippen molar-refractivity contribution >= 4 is 0 Å². The van der Waals surface area contributed by atoms with Crippen molar-refractivity contribution in [2.75, 3.05) is 39.6 Å². The lowest BCUT2D eigenvalue weighted by Gasteiger charge is -2.49. The minimum absolute atomic E-state index is 0.175. The number of aliphatic hydroxyl groups excluding tert-OH is 16. The molecule has 76 heavy (non-hydrogen) atoms. The molecular weight excluding hydrogens is 1040 g/mol. The third-order valence-electron chi connectivity index (χ3n) is 13.9. The number of rotatable bonds is 20. The molecule has 32 atom stereocenters. The van der Waals surface area contributed by atoms with Crippen molar-refractivity contribution in [1.82, 2.24) is 0 Å². The quantitative estimate of drug-likeness (QED) is 0.0503. The van der Waals surface area contributed by atoms with E-state index in [2.05, 4.69) is 0 Å². The SMILES string of the molecule is CCC(O)O[C@H]1C(O[C@@H]2O[C@H](CO)C(O[C@@H]3O[C@H](CO)[C@@H](O)[C@H](O)[C@H]3N)[C@H](O)[C@H]2N)[C@@H](CO)O[C@@H](O)[C@@H]1N.CCC(O)O[C@H]1C(O[C@@H]2O[C@H](CO)C(O[C@@H]3O[C@H](CO)[C@@H](O)[C@H](O)[C@H]3N)[C@H](O)[C@H]2N)[C@@H](CO)O[C@@H](O)[C@@H]1N. The molecule has 0 spiro atoms. The zero-order valence-corrected chi connectivity index (χ0v) is 41.7. The maximum Gasteiger partial charge on any atom is 0.176 e. The fraction of sp³-hybridized carbons (Fsp3) is 1.00. The molecule has 6 rings (SSSR count). The molecule has 34 nitrogen and oxygen atoms in total. The van der Waals surface area contributed by atoms with Crippen LogP contribution >= 0.6 is 0 Å². The van der Waals surface area contributed by atoms with E-state index in [1.54, 1.807) is 13.8 Å². The number of hydrogen-bond acceptors (Lipinski definition) is 34. The summed E-state index contributed by atoms with van der Waals surface area (Å²) in [6, 6.07) is -7.67. The first-order chi connectivity index (χ1) is 36.0. The van der Waals surface area contributed by atoms with Crippen LogP contribution < -0.4 is 34.4 Å². The van der Waals surface area contributed by atoms with E-state index in [1.807, 2.05) is 0 Å². The van der Waals surface area contributed by atoms with Crippen LogP contribution in [-0.2, 0) is 56.8 Å². The van der Waals surface area contributed by atoms with E-state index in [9.17, 15) is 81.7 Å². The van der Waals surface area contributed by atoms with E-state index in [-0.39, 0.29) is 12.8 Å². The van der Waals surface area contributed by atoms with E-state index < -0.39 is 236 Å². The van der Waals surface area contributed by atoms with E-state index in [0.29, 0.717) is 0 Å². The van der Waals surface area contributed by atoms with Crippen molar-refractivity contribution in [2.24, 2.45) is 34.4 Å². The van der Waals surface area contributed by atoms with E-state index in [0.717, 1.165) is 0 Å². The van der Waals surface area contributed by atoms with Gasteiger partial charge in [-0.3, -0.25) is 0 Å². The first kappa shape index (κ1) is 65.5. The van der Waals surface area contributed by atoms with Crippen molar-refractivity contribution in [3.8, 4) is 0 Å². The molecule has 0 bridgehead atoms. The minimum atomic E-state index is -1.57. The Morgan fingerprint density at radius 1 is 0.329 bits per heavy atom. The van der Waals surface area contributed by atoms with Gasteiger partial charge in [-0.25, -0.2) is 0 Å². The molecule has 6 fully saturated rings. The molecule has 34 heteroatoms. The number of ether oxygens (including phenoxy) is 12. The third kappa shape index (κ3) is 14.8. The molecule has 6 aliphatic rings. The average Bonchev–Trinajstić information content (AvgIpc) is 3.41. The summed E-state index contributed by atoms with van der Waals surface area (Å²) in [6.45, 7) is -0.743. The largest absolute Gasteiger partial charge is 0.394 e. The van der Waals surface area contributed by atoms with Crippen LogP contribution in [0.5, 0.6) is 0 Å². The first-order valence-corrected chi connectivity index (χ1v) is 24.8. The molecule has 0 aromatic heterocycles. The van der Waals surface area contributed by atoms with Crippen LogP contribution in [0.2, 0.25) is 0 Å². The summed E-state index contributed by atoms with van der Waals surface area (Å²) in [6.07, 6.45) is -35.2. The standard InChI is InChI=1S/2C21H41N3O14/c2*1-2-9(28)36-18-12(24)19(32)33-8(5-27)17(18)38-21-11(23)15(31)16(7(4-26)35-21)37-20-10(22)14(30)13(29)6(3-25)34-20/h2*6-21,25-32H,2-5,22-24H2,1H3/t2*6-,7-,8-,9?,10-,11-,12-,13-,14-,15-,16?,17?,18-,19-,20+,21+/m11/s1. The average molecular weight is 1120 g/mol. The van der Waals surface area contributed by atoms with Crippen LogP contribution in [0.25, 0.3) is 0 Å². The van der Waals surface area contributed by atoms with Crippen LogP contribution in [0.4, 0.5) is 0 Å². The summed E-state index contributed by atoms with van der Waals surface area (Å²) < 4.78 is 67.2. The van der Waals surface area contributed by atoms with Crippen LogP contribution in [0.1, 0.15) is 26.7 Å². The van der Waals surface area contributed by atoms with Crippen LogP contribution in [-0.4, -0.2) is 318 Å². The van der Waals surface area contributed by atoms with Gasteiger partial charge in [-0.05, 0) is 12.8 Å². The maximum atomic E-state index is 11.0. The predicted molar refractivity (Wildman–Crippen MR) is 245 cm³/mol. The van der Waals surface area contributed by atoms with Gasteiger partial charge in [0.05, 0.1) is 75.9 Å². The summed E-state index contributed by atoms with van der Waals surface area (Å²) in [5.41, 5.74) is 36.1. The van der Waals surface area contributed by atoms with Crippen molar-refractivity contribution in [1.29, 1.82) is 0 Å². The molecule has 448 valence electrons. The Balaban J connectivity index is 0.000000281. The maximum absolute atomic E-state index is 11.0. The molecule has 6 unspecified atom stereocenters. The fourth-order valence-corrected chi connectivity index (χ4v) is 9.22. The first-order valence-electron chi connectivity index (χ1n) is 24.8. The Bertz CT molecular complexity index is 1570. The second kappa shape index (κ2) is 29.6. The molecule has 6 heterocycles. The van der Waals surface area contributed by atoms with Crippen LogP contribution in [0.3, 0.4) is 0 Å². The van der Waals surface area contributed by atoms with E-state index >= 15 is 0 Å². The predicted octanol–water partition coefficient (Wildman–Crippen LogP) is -13.8. The van der Waals surface area contributed by atoms with Crippen molar-refractivity contribution < 1.29 is 139 Å². The highest BCUT2D eigenvalue weighted by Gasteiger charge is 2.55. The number of aliphatic hydroxyl groups is 16. The van der Waals surface area contributed by atoms with E-state index in [1.165, 1.54) is 0 Å². The lowest BCUT2D eigenvalue weighted by atomic mass is 9.94. The highest BCUT2D eigenvalue weighted by molar-refractivity contribution is 5.01. The summed E-state index contributed by atoms with van der Waals surface area (Å²) >= 11 is 0. The molecule has 0 amide bonds. The van der Waals surface area contributed by atoms with Gasteiger partial charge < -0.3 is 173 Å². The Morgan fingerprint density at radius 2 is 0.579 bits per heavy atom. The molecule has 0 aliphatic carbocycles. The Kier molecular flexibility index (Phi) is 25.5. The summed E-state index contributed by atoms with van der Waals surface area (Å²) in [5.74, 6) is 0. The highest BCUT2D eigenvalue weighted by atomic mass is 16.8. The highest BCUT2D eigenvalue weighted by Crippen LogP contribution is 2.35. The molecular formula is C42H82N6O28. The van der Waals surface area contributed by atoms with Crippen molar-refractivity contribution in [2.45, 2.75) is 223 Å². The minimum Gasteiger partial charge on any atom is -0.394 e. The second-order valence-corrected chi connectivity index (χ2v) is 19.1. The zero-order chi connectivity index (χ0) is 56.6. The van der Waals surface area contributed by atoms with Gasteiger partial charge in [-0.1, -0.05) is 13.8 Å². The van der Waals surface area contributed by atoms with Gasteiger partial charge in [0.2, 0.25) is 0 Å². The van der Waals surface area contributed by atoms with Gasteiger partial charge in [0.1, 0.15) is 110 Å². The molecule has 28 N–H and O–H groups in total. The molecule has 0 saturated carbocycles. The Morgan fingerprint density at radius 3 is 0.855 bits per heavy atom. The zero-order valence-electron chi connectivity index (χ0n) is 41.7. The van der Waals surface area contributed by atoms with Gasteiger partial charge in [0.25, 0.3) is 0 Å². The Labute approximate surface area is 435 Å². The topological polar surface area (TPSA) is 591 Å². The smallest absolute Gasteiger partial charge is 0.176 e. The molecule has 6 saturated heterocycles. The third-order valence-corrected chi connectivity index (χ3v) is 13.9. The molecule has 0 aromatic rings. The monoisotopic (exact) mass is 1120 g/mol. The molecule has 6 aliphatic heterocycles. The number of nitrogens with two attached hydrogens (primary N) is 6. The van der Waals surface area contributed by atoms with Gasteiger partial charge in [-0.15, -0.1) is 0 Å². The summed E-state index contributed by atoms with van der Waals surface area (Å²) in [7, 11) is 0. The van der Waals surface area contributed by atoms with Gasteiger partial charge in [-0.2, -0.15) is 0 Å². The van der Waals surface area contributed by atoms with Gasteiger partial charge in [0.15, 0.2) is 50.3 Å². The molecule has 0 aromatic carbocycles. The van der Waals surface area contributed by atoms with Gasteiger partial charge in [0, 0.05) is 0 Å². The van der Waals surface area contributed by atoms with E-state index in [4.69, 9.17) is 91.2 Å². The lowest BCUT2D eigenvalue weighted by Crippen LogP contribution is -2.69. The van der Waals surface area contributed by atoms with Crippen LogP contribution in [0, 0.1) is 0 Å². The van der Waals surface area contributed by atoms with Crippen molar-refractivity contribution in [3.05, 3.63) is 0 Å². The van der Waals surface area contributed by atoms with Crippen LogP contribution in [0.15, 0.2) is 0 Å². The summed E-state index contributed by atoms with van der Waals surface area (Å²) in [4.78, 5) is 0. The van der Waals surface area contributed by atoms with Crippen molar-refractivity contribution in [3.63, 3.8) is 0 Å².